The number of carbonyl (C=O) groups is 4. The molecule has 0 aromatic heterocycles. The molecule has 0 aliphatic rings. The molecule has 114 valence electrons. The average molecular weight is 289 g/mol. The highest BCUT2D eigenvalue weighted by molar-refractivity contribution is 5.89. The lowest BCUT2D eigenvalue weighted by Gasteiger charge is -2.16. The molecule has 20 heavy (non-hydrogen) atoms. The molecule has 0 saturated heterocycles. The summed E-state index contributed by atoms with van der Waals surface area (Å²) in [4.78, 5) is 43.9. The molecule has 0 rings (SSSR count). The fourth-order valence-corrected chi connectivity index (χ4v) is 1.32. The topological polar surface area (TPSA) is 159 Å². The smallest absolute Gasteiger partial charge is 0.322 e. The minimum Gasteiger partial charge on any atom is -0.480 e. The molecule has 0 spiro atoms. The summed E-state index contributed by atoms with van der Waals surface area (Å²) < 4.78 is 0. The number of hydrogen-bond acceptors (Lipinski definition) is 5. The van der Waals surface area contributed by atoms with Gasteiger partial charge in [0.25, 0.3) is 0 Å². The molecule has 9 nitrogen and oxygen atoms in total. The van der Waals surface area contributed by atoms with Crippen LogP contribution in [0.15, 0.2) is 0 Å². The molecule has 0 aliphatic heterocycles. The largest absolute Gasteiger partial charge is 0.480 e. The van der Waals surface area contributed by atoms with Gasteiger partial charge in [0.2, 0.25) is 11.8 Å². The Morgan fingerprint density at radius 2 is 1.80 bits per heavy atom. The number of carbonyl (C=O) groups excluding carboxylic acids is 2. The van der Waals surface area contributed by atoms with Gasteiger partial charge < -0.3 is 26.6 Å². The van der Waals surface area contributed by atoms with Crippen LogP contribution in [0, 0.1) is 0 Å². The van der Waals surface area contributed by atoms with Crippen LogP contribution in [-0.4, -0.2) is 52.6 Å². The van der Waals surface area contributed by atoms with Gasteiger partial charge in [-0.2, -0.15) is 0 Å². The average Bonchev–Trinajstić information content (AvgIpc) is 2.38. The van der Waals surface area contributed by atoms with Crippen molar-refractivity contribution in [2.45, 2.75) is 38.3 Å². The van der Waals surface area contributed by atoms with Gasteiger partial charge in [0.05, 0.1) is 0 Å². The maximum Gasteiger partial charge on any atom is 0.322 e. The van der Waals surface area contributed by atoms with Crippen LogP contribution in [0.1, 0.15) is 26.2 Å². The fraction of sp³-hybridized carbons (Fsp3) is 0.636. The molecule has 0 fully saturated rings. The third-order valence-electron chi connectivity index (χ3n) is 2.47. The normalized spacial score (nSPS) is 13.1. The van der Waals surface area contributed by atoms with Gasteiger partial charge in [0.1, 0.15) is 18.6 Å². The zero-order valence-electron chi connectivity index (χ0n) is 11.1. The van der Waals surface area contributed by atoms with E-state index in [0.717, 1.165) is 0 Å². The zero-order chi connectivity index (χ0) is 15.7. The number of hydrogen-bond donors (Lipinski definition) is 5. The van der Waals surface area contributed by atoms with E-state index in [1.807, 2.05) is 0 Å². The Labute approximate surface area is 115 Å². The molecule has 0 unspecified atom stereocenters. The highest BCUT2D eigenvalue weighted by Crippen LogP contribution is 1.98. The van der Waals surface area contributed by atoms with E-state index in [-0.39, 0.29) is 19.3 Å². The molecule has 6 N–H and O–H groups in total. The molecule has 0 bridgehead atoms. The van der Waals surface area contributed by atoms with E-state index in [9.17, 15) is 19.2 Å². The monoisotopic (exact) mass is 289 g/mol. The van der Waals surface area contributed by atoms with Crippen molar-refractivity contribution in [1.82, 2.24) is 10.6 Å². The third-order valence-corrected chi connectivity index (χ3v) is 2.47. The standard InChI is InChI=1S/C11H19N3O6/c1-2-7(10(18)13-5-9(16)17)14-8(15)4-3-6(12)11(19)20/h6-7H,2-5,12H2,1H3,(H,13,18)(H,14,15)(H,16,17)(H,19,20)/t6-,7-/m1/s1. The Hall–Kier alpha value is -2.16. The second-order valence-corrected chi connectivity index (χ2v) is 4.12. The third kappa shape index (κ3) is 7.31. The van der Waals surface area contributed by atoms with Gasteiger partial charge in [-0.1, -0.05) is 6.92 Å². The molecule has 0 aromatic carbocycles. The molecular formula is C11H19N3O6. The van der Waals surface area contributed by atoms with Crippen LogP contribution in [0.2, 0.25) is 0 Å². The van der Waals surface area contributed by atoms with Gasteiger partial charge in [0.15, 0.2) is 0 Å². The summed E-state index contributed by atoms with van der Waals surface area (Å²) in [5.41, 5.74) is 5.24. The molecule has 0 aliphatic carbocycles. The molecule has 9 heteroatoms. The van der Waals surface area contributed by atoms with Crippen molar-refractivity contribution < 1.29 is 29.4 Å². The second kappa shape index (κ2) is 8.86. The number of carboxylic acids is 2. The van der Waals surface area contributed by atoms with Gasteiger partial charge >= 0.3 is 11.9 Å². The molecular weight excluding hydrogens is 270 g/mol. The Kier molecular flexibility index (Phi) is 7.90. The van der Waals surface area contributed by atoms with Crippen LogP contribution >= 0.6 is 0 Å². The van der Waals surface area contributed by atoms with Crippen LogP contribution in [0.5, 0.6) is 0 Å². The van der Waals surface area contributed by atoms with Crippen molar-refractivity contribution in [3.8, 4) is 0 Å². The van der Waals surface area contributed by atoms with Crippen LogP contribution in [0.3, 0.4) is 0 Å². The van der Waals surface area contributed by atoms with Gasteiger partial charge in [-0.3, -0.25) is 19.2 Å². The van der Waals surface area contributed by atoms with E-state index in [1.165, 1.54) is 0 Å². The number of aliphatic carboxylic acids is 2. The van der Waals surface area contributed by atoms with Gasteiger partial charge in [-0.25, -0.2) is 0 Å². The lowest BCUT2D eigenvalue weighted by molar-refractivity contribution is -0.139. The maximum absolute atomic E-state index is 11.6. The fourth-order valence-electron chi connectivity index (χ4n) is 1.32. The summed E-state index contributed by atoms with van der Waals surface area (Å²) in [5, 5.41) is 21.5. The highest BCUT2D eigenvalue weighted by Gasteiger charge is 2.20. The Morgan fingerprint density at radius 1 is 1.20 bits per heavy atom. The summed E-state index contributed by atoms with van der Waals surface area (Å²) in [7, 11) is 0. The predicted molar refractivity (Wildman–Crippen MR) is 67.7 cm³/mol. The first-order valence-corrected chi connectivity index (χ1v) is 6.05. The number of nitrogens with two attached hydrogens (primary N) is 1. The number of nitrogens with one attached hydrogen (secondary N) is 2. The van der Waals surface area contributed by atoms with E-state index in [0.29, 0.717) is 0 Å². The van der Waals surface area contributed by atoms with Crippen molar-refractivity contribution >= 4 is 23.8 Å². The van der Waals surface area contributed by atoms with E-state index in [2.05, 4.69) is 10.6 Å². The molecule has 2 amide bonds. The molecule has 2 atom stereocenters. The summed E-state index contributed by atoms with van der Waals surface area (Å²) in [6.45, 7) is 1.11. The van der Waals surface area contributed by atoms with Crippen molar-refractivity contribution in [3.63, 3.8) is 0 Å². The number of rotatable bonds is 9. The minimum absolute atomic E-state index is 0.0473. The first kappa shape index (κ1) is 17.8. The predicted octanol–water partition coefficient (Wildman–Crippen LogP) is -1.73. The van der Waals surface area contributed by atoms with E-state index in [1.54, 1.807) is 6.92 Å². The molecule has 0 aromatic rings. The van der Waals surface area contributed by atoms with Crippen LogP contribution in [0.4, 0.5) is 0 Å². The molecule has 0 radical (unpaired) electrons. The van der Waals surface area contributed by atoms with Crippen molar-refractivity contribution in [1.29, 1.82) is 0 Å². The number of carboxylic acid groups (broad SMARTS) is 2. The number of amides is 2. The summed E-state index contributed by atoms with van der Waals surface area (Å²) in [5.74, 6) is -3.51. The van der Waals surface area contributed by atoms with Crippen molar-refractivity contribution in [2.24, 2.45) is 5.73 Å². The van der Waals surface area contributed by atoms with E-state index >= 15 is 0 Å². The van der Waals surface area contributed by atoms with Gasteiger partial charge in [-0.05, 0) is 12.8 Å². The van der Waals surface area contributed by atoms with Crippen LogP contribution in [-0.2, 0) is 19.2 Å². The molecule has 0 saturated carbocycles. The first-order chi connectivity index (χ1) is 9.27. The Balaban J connectivity index is 4.21. The summed E-state index contributed by atoms with van der Waals surface area (Å²) >= 11 is 0. The quantitative estimate of drug-likeness (QED) is 0.337. The molecule has 0 heterocycles. The van der Waals surface area contributed by atoms with Crippen LogP contribution in [0.25, 0.3) is 0 Å². The lowest BCUT2D eigenvalue weighted by atomic mass is 10.1. The Bertz CT molecular complexity index is 384. The first-order valence-electron chi connectivity index (χ1n) is 6.05. The lowest BCUT2D eigenvalue weighted by Crippen LogP contribution is -2.47. The Morgan fingerprint density at radius 3 is 2.25 bits per heavy atom. The van der Waals surface area contributed by atoms with Crippen molar-refractivity contribution in [3.05, 3.63) is 0 Å². The highest BCUT2D eigenvalue weighted by atomic mass is 16.4. The zero-order valence-corrected chi connectivity index (χ0v) is 11.1. The summed E-state index contributed by atoms with van der Waals surface area (Å²) in [6, 6.07) is -2.00. The van der Waals surface area contributed by atoms with Gasteiger partial charge in [0, 0.05) is 6.42 Å². The second-order valence-electron chi connectivity index (χ2n) is 4.12. The van der Waals surface area contributed by atoms with E-state index < -0.39 is 42.4 Å². The van der Waals surface area contributed by atoms with E-state index in [4.69, 9.17) is 15.9 Å². The SMILES string of the molecule is CC[C@@H](NC(=O)CC[C@@H](N)C(=O)O)C(=O)NCC(=O)O. The van der Waals surface area contributed by atoms with Crippen molar-refractivity contribution in [2.75, 3.05) is 6.54 Å². The van der Waals surface area contributed by atoms with Gasteiger partial charge in [-0.15, -0.1) is 0 Å². The maximum atomic E-state index is 11.6. The minimum atomic E-state index is -1.20. The van der Waals surface area contributed by atoms with Crippen LogP contribution < -0.4 is 16.4 Å². The summed E-state index contributed by atoms with van der Waals surface area (Å²) in [6.07, 6.45) is 0.104.